The Kier molecular flexibility index (Phi) is 4.25. The molecule has 8 nitrogen and oxygen atoms in total. The molecular weight excluding hydrogens is 399 g/mol. The first-order chi connectivity index (χ1) is 14.7. The van der Waals surface area contributed by atoms with Gasteiger partial charge in [0.25, 0.3) is 5.91 Å². The van der Waals surface area contributed by atoms with Crippen LogP contribution in [0.3, 0.4) is 0 Å². The van der Waals surface area contributed by atoms with Crippen LogP contribution in [0.1, 0.15) is 64.7 Å². The van der Waals surface area contributed by atoms with Crippen LogP contribution in [0, 0.1) is 13.8 Å². The van der Waals surface area contributed by atoms with Gasteiger partial charge in [-0.1, -0.05) is 6.07 Å². The number of aromatic nitrogens is 5. The molecule has 1 amide bonds. The number of carbonyl (C=O) groups is 1. The van der Waals surface area contributed by atoms with Crippen LogP contribution in [-0.2, 0) is 12.1 Å². The molecule has 0 saturated heterocycles. The van der Waals surface area contributed by atoms with Crippen molar-refractivity contribution >= 4 is 11.4 Å². The van der Waals surface area contributed by atoms with Gasteiger partial charge in [0.15, 0.2) is 5.67 Å². The Balaban J connectivity index is 1.61. The van der Waals surface area contributed by atoms with E-state index in [9.17, 15) is 9.18 Å². The van der Waals surface area contributed by atoms with Crippen molar-refractivity contribution in [2.75, 3.05) is 6.54 Å². The second-order valence-electron chi connectivity index (χ2n) is 8.41. The molecule has 5 rings (SSSR count). The molecule has 1 aliphatic rings. The second kappa shape index (κ2) is 6.76. The highest BCUT2D eigenvalue weighted by Crippen LogP contribution is 2.35. The third-order valence-electron chi connectivity index (χ3n) is 5.70. The number of nitrogens with zero attached hydrogens (tertiary/aromatic N) is 5. The van der Waals surface area contributed by atoms with Gasteiger partial charge < -0.3 is 14.3 Å². The van der Waals surface area contributed by atoms with Crippen LogP contribution < -0.4 is 0 Å². The zero-order valence-corrected chi connectivity index (χ0v) is 17.8. The van der Waals surface area contributed by atoms with Gasteiger partial charge >= 0.3 is 0 Å². The highest BCUT2D eigenvalue weighted by atomic mass is 19.1. The lowest BCUT2D eigenvalue weighted by molar-refractivity contribution is 0.0642. The zero-order chi connectivity index (χ0) is 21.9. The number of fused-ring (bicyclic) bond motifs is 2. The molecule has 4 aromatic rings. The SMILES string of the molecule is Cc1nc(C(C)(C)F)oc1C(=O)N1CCc2[nH]cnc2C1c1cc2c(C)cccn2n1. The number of pyridine rings is 1. The van der Waals surface area contributed by atoms with E-state index in [2.05, 4.69) is 15.0 Å². The number of H-pyrrole nitrogens is 1. The maximum absolute atomic E-state index is 14.4. The third kappa shape index (κ3) is 3.11. The summed E-state index contributed by atoms with van der Waals surface area (Å²) in [4.78, 5) is 27.0. The highest BCUT2D eigenvalue weighted by molar-refractivity contribution is 5.93. The van der Waals surface area contributed by atoms with Gasteiger partial charge in [-0.2, -0.15) is 5.10 Å². The molecule has 1 N–H and O–H groups in total. The molecule has 0 spiro atoms. The molecule has 1 unspecified atom stereocenters. The highest BCUT2D eigenvalue weighted by Gasteiger charge is 2.39. The lowest BCUT2D eigenvalue weighted by atomic mass is 9.99. The number of hydrogen-bond donors (Lipinski definition) is 1. The smallest absolute Gasteiger partial charge is 0.292 e. The number of amides is 1. The van der Waals surface area contributed by atoms with E-state index in [-0.39, 0.29) is 17.6 Å². The lowest BCUT2D eigenvalue weighted by Crippen LogP contribution is -2.41. The van der Waals surface area contributed by atoms with Gasteiger partial charge in [0.2, 0.25) is 11.7 Å². The van der Waals surface area contributed by atoms with Crippen molar-refractivity contribution in [1.29, 1.82) is 0 Å². The molecule has 0 fully saturated rings. The Morgan fingerprint density at radius 3 is 2.87 bits per heavy atom. The van der Waals surface area contributed by atoms with Crippen molar-refractivity contribution in [2.24, 2.45) is 0 Å². The fourth-order valence-electron chi connectivity index (χ4n) is 4.08. The molecule has 31 heavy (non-hydrogen) atoms. The van der Waals surface area contributed by atoms with Gasteiger partial charge in [-0.3, -0.25) is 4.79 Å². The number of halogens is 1. The van der Waals surface area contributed by atoms with Gasteiger partial charge in [0, 0.05) is 24.9 Å². The third-order valence-corrected chi connectivity index (χ3v) is 5.70. The Hall–Kier alpha value is -3.49. The molecule has 9 heteroatoms. The van der Waals surface area contributed by atoms with E-state index in [0.717, 1.165) is 22.5 Å². The van der Waals surface area contributed by atoms with Crippen molar-refractivity contribution < 1.29 is 13.6 Å². The summed E-state index contributed by atoms with van der Waals surface area (Å²) in [6.45, 7) is 6.82. The molecule has 0 saturated carbocycles. The van der Waals surface area contributed by atoms with E-state index in [1.165, 1.54) is 13.8 Å². The number of rotatable bonds is 3. The van der Waals surface area contributed by atoms with Crippen molar-refractivity contribution in [3.05, 3.63) is 70.7 Å². The molecule has 0 aliphatic carbocycles. The molecule has 4 aromatic heterocycles. The number of alkyl halides is 1. The van der Waals surface area contributed by atoms with E-state index < -0.39 is 11.7 Å². The van der Waals surface area contributed by atoms with Crippen LogP contribution in [0.4, 0.5) is 4.39 Å². The minimum atomic E-state index is -1.78. The molecule has 5 heterocycles. The van der Waals surface area contributed by atoms with Crippen molar-refractivity contribution in [3.8, 4) is 0 Å². The number of imidazole rings is 1. The molecular formula is C22H23FN6O2. The van der Waals surface area contributed by atoms with Gasteiger partial charge in [-0.05, 0) is 45.4 Å². The number of oxazole rings is 1. The summed E-state index contributed by atoms with van der Waals surface area (Å²) in [6.07, 6.45) is 4.14. The monoisotopic (exact) mass is 422 g/mol. The van der Waals surface area contributed by atoms with E-state index in [1.54, 1.807) is 22.7 Å². The standard InChI is InChI=1S/C22H23FN6O2/c1-12-6-5-8-29-16(12)10-15(27-29)18-17-14(24-11-25-17)7-9-28(18)20(30)19-13(2)26-21(31-19)22(3,4)23/h5-6,8,10-11,18H,7,9H2,1-4H3,(H,24,25). The maximum atomic E-state index is 14.4. The summed E-state index contributed by atoms with van der Waals surface area (Å²) in [6, 6.07) is 5.44. The van der Waals surface area contributed by atoms with Gasteiger partial charge in [-0.25, -0.2) is 18.9 Å². The molecule has 160 valence electrons. The fraction of sp³-hybridized carbons (Fsp3) is 0.364. The number of aromatic amines is 1. The van der Waals surface area contributed by atoms with Crippen LogP contribution in [0.5, 0.6) is 0 Å². The summed E-state index contributed by atoms with van der Waals surface area (Å²) >= 11 is 0. The quantitative estimate of drug-likeness (QED) is 0.544. The van der Waals surface area contributed by atoms with Crippen LogP contribution in [0.25, 0.3) is 5.52 Å². The largest absolute Gasteiger partial charge is 0.432 e. The van der Waals surface area contributed by atoms with Crippen molar-refractivity contribution in [2.45, 2.75) is 45.8 Å². The fourth-order valence-corrected chi connectivity index (χ4v) is 4.08. The number of aryl methyl sites for hydroxylation is 2. The number of nitrogens with one attached hydrogen (secondary N) is 1. The van der Waals surface area contributed by atoms with Gasteiger partial charge in [-0.15, -0.1) is 0 Å². The van der Waals surface area contributed by atoms with E-state index >= 15 is 0 Å². The Labute approximate surface area is 178 Å². The molecule has 0 aromatic carbocycles. The summed E-state index contributed by atoms with van der Waals surface area (Å²) in [5, 5.41) is 4.73. The van der Waals surface area contributed by atoms with Crippen LogP contribution in [0.15, 0.2) is 35.1 Å². The Morgan fingerprint density at radius 2 is 2.16 bits per heavy atom. The van der Waals surface area contributed by atoms with E-state index in [1.807, 2.05) is 31.3 Å². The Morgan fingerprint density at radius 1 is 1.35 bits per heavy atom. The van der Waals surface area contributed by atoms with Gasteiger partial charge in [0.1, 0.15) is 6.04 Å². The molecule has 1 aliphatic heterocycles. The predicted molar refractivity (Wildman–Crippen MR) is 110 cm³/mol. The molecule has 0 radical (unpaired) electrons. The predicted octanol–water partition coefficient (Wildman–Crippen LogP) is 3.65. The normalized spacial score (nSPS) is 16.7. The number of hydrogen-bond acceptors (Lipinski definition) is 5. The van der Waals surface area contributed by atoms with Gasteiger partial charge in [0.05, 0.1) is 28.9 Å². The topological polar surface area (TPSA) is 92.3 Å². The van der Waals surface area contributed by atoms with E-state index in [0.29, 0.717) is 24.4 Å². The van der Waals surface area contributed by atoms with Crippen LogP contribution >= 0.6 is 0 Å². The minimum absolute atomic E-state index is 0.0460. The Bertz CT molecular complexity index is 1300. The second-order valence-corrected chi connectivity index (χ2v) is 8.41. The first kappa shape index (κ1) is 19.5. The summed E-state index contributed by atoms with van der Waals surface area (Å²) in [5.41, 5.74) is 3.07. The van der Waals surface area contributed by atoms with Crippen molar-refractivity contribution in [1.82, 2.24) is 29.5 Å². The summed E-state index contributed by atoms with van der Waals surface area (Å²) < 4.78 is 21.8. The minimum Gasteiger partial charge on any atom is -0.432 e. The summed E-state index contributed by atoms with van der Waals surface area (Å²) in [5.74, 6) is -0.414. The number of carbonyl (C=O) groups excluding carboxylic acids is 1. The lowest BCUT2D eigenvalue weighted by Gasteiger charge is -2.33. The average molecular weight is 422 g/mol. The molecule has 0 bridgehead atoms. The van der Waals surface area contributed by atoms with Crippen LogP contribution in [0.2, 0.25) is 0 Å². The van der Waals surface area contributed by atoms with Crippen LogP contribution in [-0.4, -0.2) is 41.9 Å². The van der Waals surface area contributed by atoms with E-state index in [4.69, 9.17) is 9.52 Å². The average Bonchev–Trinajstić information content (AvgIpc) is 3.44. The summed E-state index contributed by atoms with van der Waals surface area (Å²) in [7, 11) is 0. The first-order valence-electron chi connectivity index (χ1n) is 10.2. The van der Waals surface area contributed by atoms with Crippen molar-refractivity contribution in [3.63, 3.8) is 0 Å². The first-order valence-corrected chi connectivity index (χ1v) is 10.2. The maximum Gasteiger partial charge on any atom is 0.292 e. The zero-order valence-electron chi connectivity index (χ0n) is 17.8. The molecule has 1 atom stereocenters.